The van der Waals surface area contributed by atoms with Crippen LogP contribution in [0.5, 0.6) is 0 Å². The van der Waals surface area contributed by atoms with Crippen molar-refractivity contribution in [2.75, 3.05) is 0 Å². The summed E-state index contributed by atoms with van der Waals surface area (Å²) >= 11 is 0. The zero-order valence-corrected chi connectivity index (χ0v) is 13.0. The number of rotatable bonds is 4. The maximum atomic E-state index is 12.2. The van der Waals surface area contributed by atoms with Crippen molar-refractivity contribution in [3.8, 4) is 11.4 Å². The summed E-state index contributed by atoms with van der Waals surface area (Å²) in [5.74, 6) is 1.27. The van der Waals surface area contributed by atoms with E-state index in [1.807, 2.05) is 43.3 Å². The molecule has 0 saturated carbocycles. The van der Waals surface area contributed by atoms with Crippen LogP contribution >= 0.6 is 0 Å². The molecule has 0 radical (unpaired) electrons. The van der Waals surface area contributed by atoms with Gasteiger partial charge in [0.15, 0.2) is 5.78 Å². The Hall–Kier alpha value is -3.35. The monoisotopic (exact) mass is 318 g/mol. The van der Waals surface area contributed by atoms with Crippen LogP contribution in [0.15, 0.2) is 48.5 Å². The Morgan fingerprint density at radius 2 is 2.00 bits per heavy atom. The fourth-order valence-corrected chi connectivity index (χ4v) is 2.55. The van der Waals surface area contributed by atoms with Crippen LogP contribution in [0.3, 0.4) is 0 Å². The van der Waals surface area contributed by atoms with Gasteiger partial charge in [-0.1, -0.05) is 30.3 Å². The highest BCUT2D eigenvalue weighted by Gasteiger charge is 2.12. The summed E-state index contributed by atoms with van der Waals surface area (Å²) in [4.78, 5) is 21.1. The summed E-state index contributed by atoms with van der Waals surface area (Å²) in [6.07, 6.45) is 0. The van der Waals surface area contributed by atoms with Gasteiger partial charge in [-0.05, 0) is 30.3 Å². The topological polar surface area (TPSA) is 89.3 Å². The van der Waals surface area contributed by atoms with Crippen molar-refractivity contribution in [3.05, 3.63) is 59.9 Å². The number of benzene rings is 2. The van der Waals surface area contributed by atoms with E-state index >= 15 is 0 Å². The first-order chi connectivity index (χ1) is 11.7. The van der Waals surface area contributed by atoms with Crippen molar-refractivity contribution in [2.45, 2.75) is 13.5 Å². The Labute approximate surface area is 137 Å². The number of aromatic nitrogens is 6. The number of ketones is 1. The van der Waals surface area contributed by atoms with E-state index in [-0.39, 0.29) is 12.3 Å². The summed E-state index contributed by atoms with van der Waals surface area (Å²) < 4.78 is 0. The molecule has 4 rings (SSSR count). The van der Waals surface area contributed by atoms with Gasteiger partial charge in [0.1, 0.15) is 12.4 Å². The van der Waals surface area contributed by atoms with E-state index in [1.165, 1.54) is 4.80 Å². The Morgan fingerprint density at radius 1 is 1.17 bits per heavy atom. The minimum atomic E-state index is -0.0563. The molecule has 0 bridgehead atoms. The summed E-state index contributed by atoms with van der Waals surface area (Å²) in [5, 5.41) is 12.3. The first-order valence-electron chi connectivity index (χ1n) is 7.52. The third kappa shape index (κ3) is 2.67. The van der Waals surface area contributed by atoms with E-state index in [0.29, 0.717) is 11.4 Å². The predicted octanol–water partition coefficient (Wildman–Crippen LogP) is 2.41. The molecule has 0 aliphatic rings. The first kappa shape index (κ1) is 14.3. The van der Waals surface area contributed by atoms with Crippen LogP contribution in [0, 0.1) is 6.92 Å². The van der Waals surface area contributed by atoms with Crippen molar-refractivity contribution in [2.24, 2.45) is 0 Å². The number of aryl methyl sites for hydroxylation is 1. The minimum absolute atomic E-state index is 0.0563. The molecule has 7 nitrogen and oxygen atoms in total. The number of carbonyl (C=O) groups is 1. The van der Waals surface area contributed by atoms with Gasteiger partial charge < -0.3 is 4.98 Å². The van der Waals surface area contributed by atoms with E-state index in [2.05, 4.69) is 25.4 Å². The van der Waals surface area contributed by atoms with Gasteiger partial charge in [0.05, 0.1) is 11.0 Å². The van der Waals surface area contributed by atoms with E-state index in [9.17, 15) is 4.79 Å². The molecular weight excluding hydrogens is 304 g/mol. The lowest BCUT2D eigenvalue weighted by Gasteiger charge is -1.99. The van der Waals surface area contributed by atoms with Crippen LogP contribution in [0.25, 0.3) is 22.4 Å². The maximum absolute atomic E-state index is 12.2. The number of hydrogen-bond donors (Lipinski definition) is 1. The van der Waals surface area contributed by atoms with Gasteiger partial charge >= 0.3 is 0 Å². The van der Waals surface area contributed by atoms with E-state index in [4.69, 9.17) is 0 Å². The summed E-state index contributed by atoms with van der Waals surface area (Å²) in [6, 6.07) is 14.8. The molecule has 118 valence electrons. The second-order valence-electron chi connectivity index (χ2n) is 5.49. The standard InChI is InChI=1S/C17H14N6O/c1-11-18-14-8-7-13(9-15(14)19-11)17-20-22-23(21-17)10-16(24)12-5-3-2-4-6-12/h2-9H,10H2,1H3,(H,18,19). The molecule has 0 aliphatic carbocycles. The first-order valence-corrected chi connectivity index (χ1v) is 7.52. The summed E-state index contributed by atoms with van der Waals surface area (Å²) in [7, 11) is 0. The van der Waals surface area contributed by atoms with E-state index < -0.39 is 0 Å². The number of fused-ring (bicyclic) bond motifs is 1. The smallest absolute Gasteiger partial charge is 0.205 e. The molecule has 2 aromatic heterocycles. The van der Waals surface area contributed by atoms with Crippen LogP contribution in [0.2, 0.25) is 0 Å². The quantitative estimate of drug-likeness (QED) is 0.584. The van der Waals surface area contributed by atoms with Crippen LogP contribution < -0.4 is 0 Å². The van der Waals surface area contributed by atoms with Gasteiger partial charge in [-0.25, -0.2) is 4.98 Å². The van der Waals surface area contributed by atoms with E-state index in [1.54, 1.807) is 12.1 Å². The lowest BCUT2D eigenvalue weighted by molar-refractivity contribution is 0.0961. The Bertz CT molecular complexity index is 1020. The highest BCUT2D eigenvalue weighted by molar-refractivity contribution is 5.95. The molecule has 1 N–H and O–H groups in total. The number of H-pyrrole nitrogens is 1. The average Bonchev–Trinajstić information content (AvgIpc) is 3.20. The number of carbonyl (C=O) groups excluding carboxylic acids is 1. The van der Waals surface area contributed by atoms with Gasteiger partial charge in [0, 0.05) is 11.1 Å². The summed E-state index contributed by atoms with van der Waals surface area (Å²) in [6.45, 7) is 1.96. The molecule has 7 heteroatoms. The number of nitrogens with zero attached hydrogens (tertiary/aromatic N) is 5. The second kappa shape index (κ2) is 5.69. The Balaban J connectivity index is 1.58. The fourth-order valence-electron chi connectivity index (χ4n) is 2.55. The van der Waals surface area contributed by atoms with Crippen molar-refractivity contribution >= 4 is 16.8 Å². The van der Waals surface area contributed by atoms with Gasteiger partial charge in [0.25, 0.3) is 0 Å². The van der Waals surface area contributed by atoms with Gasteiger partial charge in [-0.2, -0.15) is 4.80 Å². The van der Waals surface area contributed by atoms with Crippen LogP contribution in [0.1, 0.15) is 16.2 Å². The number of tetrazole rings is 1. The minimum Gasteiger partial charge on any atom is -0.342 e. The molecule has 24 heavy (non-hydrogen) atoms. The number of hydrogen-bond acceptors (Lipinski definition) is 5. The van der Waals surface area contributed by atoms with Crippen LogP contribution in [0.4, 0.5) is 0 Å². The van der Waals surface area contributed by atoms with E-state index in [0.717, 1.165) is 22.4 Å². The number of nitrogens with one attached hydrogen (secondary N) is 1. The molecule has 2 aromatic carbocycles. The van der Waals surface area contributed by atoms with Crippen LogP contribution in [-0.4, -0.2) is 36.0 Å². The molecule has 2 heterocycles. The van der Waals surface area contributed by atoms with Crippen molar-refractivity contribution in [1.82, 2.24) is 30.2 Å². The summed E-state index contributed by atoms with van der Waals surface area (Å²) in [5.41, 5.74) is 3.26. The third-order valence-electron chi connectivity index (χ3n) is 3.69. The molecule has 0 saturated heterocycles. The lowest BCUT2D eigenvalue weighted by atomic mass is 10.1. The molecule has 0 atom stereocenters. The maximum Gasteiger partial charge on any atom is 0.205 e. The zero-order chi connectivity index (χ0) is 16.5. The van der Waals surface area contributed by atoms with Gasteiger partial charge in [-0.15, -0.1) is 10.2 Å². The number of Topliss-reactive ketones (excluding diaryl/α,β-unsaturated/α-hetero) is 1. The number of aromatic amines is 1. The third-order valence-corrected chi connectivity index (χ3v) is 3.69. The Kier molecular flexibility index (Phi) is 3.38. The molecule has 0 amide bonds. The zero-order valence-electron chi connectivity index (χ0n) is 13.0. The predicted molar refractivity (Wildman–Crippen MR) is 88.4 cm³/mol. The highest BCUT2D eigenvalue weighted by atomic mass is 16.1. The molecule has 4 aromatic rings. The normalized spacial score (nSPS) is 11.0. The second-order valence-corrected chi connectivity index (χ2v) is 5.49. The van der Waals surface area contributed by atoms with Crippen molar-refractivity contribution in [1.29, 1.82) is 0 Å². The lowest BCUT2D eigenvalue weighted by Crippen LogP contribution is -2.13. The fraction of sp³-hybridized carbons (Fsp3) is 0.118. The van der Waals surface area contributed by atoms with Crippen molar-refractivity contribution < 1.29 is 4.79 Å². The molecule has 0 unspecified atom stereocenters. The molecule has 0 aliphatic heterocycles. The highest BCUT2D eigenvalue weighted by Crippen LogP contribution is 2.19. The van der Waals surface area contributed by atoms with Gasteiger partial charge in [0.2, 0.25) is 5.82 Å². The molecular formula is C17H14N6O. The largest absolute Gasteiger partial charge is 0.342 e. The number of imidazole rings is 1. The molecule has 0 fully saturated rings. The SMILES string of the molecule is Cc1nc2ccc(-c3nnn(CC(=O)c4ccccc4)n3)cc2[nH]1. The van der Waals surface area contributed by atoms with Gasteiger partial charge in [-0.3, -0.25) is 4.79 Å². The van der Waals surface area contributed by atoms with Crippen LogP contribution in [-0.2, 0) is 6.54 Å². The Morgan fingerprint density at radius 3 is 2.83 bits per heavy atom. The van der Waals surface area contributed by atoms with Crippen molar-refractivity contribution in [3.63, 3.8) is 0 Å². The molecule has 0 spiro atoms. The average molecular weight is 318 g/mol.